The zero-order chi connectivity index (χ0) is 14.1. The van der Waals surface area contributed by atoms with Crippen molar-refractivity contribution in [3.8, 4) is 0 Å². The van der Waals surface area contributed by atoms with Crippen LogP contribution in [0.15, 0.2) is 30.3 Å². The molecule has 0 radical (unpaired) electrons. The number of hydrogen-bond acceptors (Lipinski definition) is 3. The average molecular weight is 269 g/mol. The van der Waals surface area contributed by atoms with Crippen LogP contribution < -0.4 is 5.73 Å². The number of nitrogens with two attached hydrogens (primary N) is 1. The second kappa shape index (κ2) is 4.92. The van der Waals surface area contributed by atoms with E-state index in [0.717, 1.165) is 24.1 Å². The van der Waals surface area contributed by atoms with Crippen LogP contribution in [0.3, 0.4) is 0 Å². The van der Waals surface area contributed by atoms with Gasteiger partial charge in [0.25, 0.3) is 5.91 Å². The van der Waals surface area contributed by atoms with Crippen LogP contribution in [0.2, 0.25) is 0 Å². The predicted octanol–water partition coefficient (Wildman–Crippen LogP) is 1.55. The topological polar surface area (TPSA) is 78.0 Å². The number of carbonyl (C=O) groups is 2. The molecule has 0 saturated heterocycles. The summed E-state index contributed by atoms with van der Waals surface area (Å²) in [5, 5.41) is 4.26. The lowest BCUT2D eigenvalue weighted by Gasteiger charge is -2.13. The van der Waals surface area contributed by atoms with Gasteiger partial charge in [-0.05, 0) is 18.4 Å². The first-order valence-corrected chi connectivity index (χ1v) is 6.63. The van der Waals surface area contributed by atoms with Gasteiger partial charge in [0.15, 0.2) is 11.5 Å². The van der Waals surface area contributed by atoms with Gasteiger partial charge in [-0.1, -0.05) is 30.3 Å². The maximum Gasteiger partial charge on any atom is 0.269 e. The van der Waals surface area contributed by atoms with Gasteiger partial charge in [-0.3, -0.25) is 14.3 Å². The van der Waals surface area contributed by atoms with Crippen molar-refractivity contribution >= 4 is 11.7 Å². The van der Waals surface area contributed by atoms with Gasteiger partial charge in [-0.25, -0.2) is 0 Å². The Hall–Kier alpha value is -2.43. The van der Waals surface area contributed by atoms with Crippen LogP contribution in [0, 0.1) is 0 Å². The molecule has 1 aromatic heterocycles. The maximum atomic E-state index is 12.0. The SMILES string of the molecule is NC(=O)c1nn(Cc2ccccc2)c2c1C(=O)CCC2. The number of Topliss-reactive ketones (excluding diaryl/α,β-unsaturated/α-hetero) is 1. The first-order valence-electron chi connectivity index (χ1n) is 6.63. The van der Waals surface area contributed by atoms with E-state index >= 15 is 0 Å². The largest absolute Gasteiger partial charge is 0.364 e. The van der Waals surface area contributed by atoms with Crippen LogP contribution in [0.1, 0.15) is 44.9 Å². The van der Waals surface area contributed by atoms with Gasteiger partial charge >= 0.3 is 0 Å². The van der Waals surface area contributed by atoms with Crippen LogP contribution in [-0.4, -0.2) is 21.5 Å². The molecular formula is C15H15N3O2. The maximum absolute atomic E-state index is 12.0. The minimum atomic E-state index is -0.636. The van der Waals surface area contributed by atoms with Gasteiger partial charge in [0, 0.05) is 6.42 Å². The van der Waals surface area contributed by atoms with Gasteiger partial charge in [-0.2, -0.15) is 5.10 Å². The predicted molar refractivity (Wildman–Crippen MR) is 73.6 cm³/mol. The summed E-state index contributed by atoms with van der Waals surface area (Å²) in [5.41, 5.74) is 7.79. The van der Waals surface area contributed by atoms with E-state index in [1.807, 2.05) is 30.3 Å². The zero-order valence-corrected chi connectivity index (χ0v) is 11.0. The third-order valence-corrected chi connectivity index (χ3v) is 3.56. The van der Waals surface area contributed by atoms with Crippen molar-refractivity contribution in [3.05, 3.63) is 52.8 Å². The smallest absolute Gasteiger partial charge is 0.269 e. The highest BCUT2D eigenvalue weighted by molar-refractivity contribution is 6.07. The molecule has 0 spiro atoms. The molecule has 5 nitrogen and oxygen atoms in total. The molecule has 0 bridgehead atoms. The van der Waals surface area contributed by atoms with Crippen LogP contribution in [0.5, 0.6) is 0 Å². The molecule has 1 aromatic carbocycles. The van der Waals surface area contributed by atoms with Crippen molar-refractivity contribution < 1.29 is 9.59 Å². The van der Waals surface area contributed by atoms with Crippen molar-refractivity contribution in [1.82, 2.24) is 9.78 Å². The molecule has 0 atom stereocenters. The number of fused-ring (bicyclic) bond motifs is 1. The number of ketones is 1. The average Bonchev–Trinajstić information content (AvgIpc) is 2.81. The lowest BCUT2D eigenvalue weighted by atomic mass is 9.94. The van der Waals surface area contributed by atoms with Crippen molar-refractivity contribution in [2.24, 2.45) is 5.73 Å². The highest BCUT2D eigenvalue weighted by atomic mass is 16.1. The standard InChI is InChI=1S/C15H15N3O2/c16-15(20)14-13-11(7-4-8-12(13)19)18(17-14)9-10-5-2-1-3-6-10/h1-3,5-6H,4,7-9H2,(H2,16,20). The minimum Gasteiger partial charge on any atom is -0.364 e. The van der Waals surface area contributed by atoms with Crippen molar-refractivity contribution in [2.45, 2.75) is 25.8 Å². The fraction of sp³-hybridized carbons (Fsp3) is 0.267. The Balaban J connectivity index is 2.06. The number of benzene rings is 1. The van der Waals surface area contributed by atoms with E-state index < -0.39 is 5.91 Å². The summed E-state index contributed by atoms with van der Waals surface area (Å²) in [4.78, 5) is 23.5. The summed E-state index contributed by atoms with van der Waals surface area (Å²) in [5.74, 6) is -0.664. The quantitative estimate of drug-likeness (QED) is 0.918. The molecule has 102 valence electrons. The molecule has 1 heterocycles. The Morgan fingerprint density at radius 2 is 2.00 bits per heavy atom. The molecule has 3 rings (SSSR count). The first kappa shape index (κ1) is 12.6. The van der Waals surface area contributed by atoms with E-state index in [0.29, 0.717) is 18.5 Å². The van der Waals surface area contributed by atoms with Gasteiger partial charge in [0.05, 0.1) is 17.8 Å². The molecule has 0 aliphatic heterocycles. The van der Waals surface area contributed by atoms with E-state index in [4.69, 9.17) is 5.73 Å². The lowest BCUT2D eigenvalue weighted by Crippen LogP contribution is -2.18. The second-order valence-corrected chi connectivity index (χ2v) is 4.95. The number of nitrogens with zero attached hydrogens (tertiary/aromatic N) is 2. The van der Waals surface area contributed by atoms with Gasteiger partial charge < -0.3 is 5.73 Å². The number of carbonyl (C=O) groups excluding carboxylic acids is 2. The Morgan fingerprint density at radius 3 is 2.70 bits per heavy atom. The molecule has 20 heavy (non-hydrogen) atoms. The number of primary amides is 1. The third-order valence-electron chi connectivity index (χ3n) is 3.56. The Kier molecular flexibility index (Phi) is 3.10. The molecule has 5 heteroatoms. The van der Waals surface area contributed by atoms with Crippen molar-refractivity contribution in [2.75, 3.05) is 0 Å². The number of hydrogen-bond donors (Lipinski definition) is 1. The monoisotopic (exact) mass is 269 g/mol. The Bertz CT molecular complexity index is 674. The summed E-state index contributed by atoms with van der Waals surface area (Å²) in [6, 6.07) is 9.82. The van der Waals surface area contributed by atoms with Crippen molar-refractivity contribution in [3.63, 3.8) is 0 Å². The lowest BCUT2D eigenvalue weighted by molar-refractivity contribution is 0.0948. The Labute approximate surface area is 116 Å². The number of rotatable bonds is 3. The summed E-state index contributed by atoms with van der Waals surface area (Å²) in [6.45, 7) is 0.545. The summed E-state index contributed by atoms with van der Waals surface area (Å²) in [6.07, 6.45) is 2.02. The fourth-order valence-corrected chi connectivity index (χ4v) is 2.64. The molecule has 1 aliphatic carbocycles. The fourth-order valence-electron chi connectivity index (χ4n) is 2.64. The molecule has 1 amide bonds. The molecule has 0 unspecified atom stereocenters. The normalized spacial score (nSPS) is 14.1. The van der Waals surface area contributed by atoms with E-state index in [-0.39, 0.29) is 11.5 Å². The molecular weight excluding hydrogens is 254 g/mol. The summed E-state index contributed by atoms with van der Waals surface area (Å²) < 4.78 is 1.74. The van der Waals surface area contributed by atoms with Crippen LogP contribution in [0.4, 0.5) is 0 Å². The number of amides is 1. The van der Waals surface area contributed by atoms with Gasteiger partial charge in [0.2, 0.25) is 0 Å². The van der Waals surface area contributed by atoms with Crippen LogP contribution in [0.25, 0.3) is 0 Å². The van der Waals surface area contributed by atoms with Crippen LogP contribution in [-0.2, 0) is 13.0 Å². The summed E-state index contributed by atoms with van der Waals surface area (Å²) in [7, 11) is 0. The van der Waals surface area contributed by atoms with Crippen molar-refractivity contribution in [1.29, 1.82) is 0 Å². The first-order chi connectivity index (χ1) is 9.66. The van der Waals surface area contributed by atoms with E-state index in [9.17, 15) is 9.59 Å². The van der Waals surface area contributed by atoms with Gasteiger partial charge in [0.1, 0.15) is 0 Å². The molecule has 2 N–H and O–H groups in total. The van der Waals surface area contributed by atoms with E-state index in [2.05, 4.69) is 5.10 Å². The molecule has 0 saturated carbocycles. The third kappa shape index (κ3) is 2.11. The minimum absolute atomic E-state index is 0.0284. The molecule has 2 aromatic rings. The summed E-state index contributed by atoms with van der Waals surface area (Å²) >= 11 is 0. The zero-order valence-electron chi connectivity index (χ0n) is 11.0. The molecule has 0 fully saturated rings. The van der Waals surface area contributed by atoms with Crippen LogP contribution >= 0.6 is 0 Å². The molecule has 1 aliphatic rings. The number of aromatic nitrogens is 2. The van der Waals surface area contributed by atoms with E-state index in [1.54, 1.807) is 4.68 Å². The highest BCUT2D eigenvalue weighted by Gasteiger charge is 2.29. The van der Waals surface area contributed by atoms with E-state index in [1.165, 1.54) is 0 Å². The second-order valence-electron chi connectivity index (χ2n) is 4.95. The Morgan fingerprint density at radius 1 is 1.25 bits per heavy atom. The van der Waals surface area contributed by atoms with Gasteiger partial charge in [-0.15, -0.1) is 0 Å². The highest BCUT2D eigenvalue weighted by Crippen LogP contribution is 2.25.